The zero-order chi connectivity index (χ0) is 25.2. The van der Waals surface area contributed by atoms with Crippen LogP contribution in [0.1, 0.15) is 32.3 Å². The average Bonchev–Trinajstić information content (AvgIpc) is 3.64. The molecule has 1 aliphatic carbocycles. The number of rotatable bonds is 9. The molecule has 35 heavy (non-hydrogen) atoms. The standard InChI is InChI=1S/C25H27ClN4O5/c1-25(2,21(31)32)15-30-23(33)28-22(29(24(30)34)13-16-5-7-18(26)8-6-16)27-19-9-11-20(12-10-19)35-14-17-3-4-17/h5-12,17H,3-4,13-15H2,1-2H3,(H,31,32)(H,27,28,33). The van der Waals surface area contributed by atoms with Gasteiger partial charge in [0.25, 0.3) is 0 Å². The van der Waals surface area contributed by atoms with E-state index in [0.717, 1.165) is 15.9 Å². The fourth-order valence-electron chi connectivity index (χ4n) is 3.40. The predicted molar refractivity (Wildman–Crippen MR) is 131 cm³/mol. The van der Waals surface area contributed by atoms with Crippen LogP contribution in [-0.2, 0) is 17.9 Å². The smallest absolute Gasteiger partial charge is 0.335 e. The minimum absolute atomic E-state index is 0.0472. The summed E-state index contributed by atoms with van der Waals surface area (Å²) in [6.07, 6.45) is 2.40. The normalized spacial score (nSPS) is 14.2. The van der Waals surface area contributed by atoms with Crippen molar-refractivity contribution in [3.05, 3.63) is 85.7 Å². The van der Waals surface area contributed by atoms with Crippen molar-refractivity contribution in [3.8, 4) is 5.75 Å². The van der Waals surface area contributed by atoms with Crippen LogP contribution in [0.3, 0.4) is 0 Å². The fraction of sp³-hybridized carbons (Fsp3) is 0.360. The molecule has 1 saturated carbocycles. The number of aromatic nitrogens is 3. The Bertz CT molecular complexity index is 1400. The number of benzene rings is 2. The van der Waals surface area contributed by atoms with Crippen LogP contribution in [0, 0.1) is 11.3 Å². The highest BCUT2D eigenvalue weighted by Crippen LogP contribution is 2.29. The van der Waals surface area contributed by atoms with E-state index in [4.69, 9.17) is 16.3 Å². The Morgan fingerprint density at radius 3 is 2.37 bits per heavy atom. The van der Waals surface area contributed by atoms with Gasteiger partial charge in [-0.05, 0) is 74.6 Å². The van der Waals surface area contributed by atoms with Crippen LogP contribution in [-0.4, -0.2) is 31.8 Å². The maximum absolute atomic E-state index is 13.4. The van der Waals surface area contributed by atoms with Gasteiger partial charge in [0, 0.05) is 11.6 Å². The van der Waals surface area contributed by atoms with Crippen molar-refractivity contribution in [3.63, 3.8) is 0 Å². The number of hydrogen-bond acceptors (Lipinski definition) is 5. The molecule has 2 N–H and O–H groups in total. The molecule has 1 aromatic heterocycles. The third-order valence-corrected chi connectivity index (χ3v) is 6.07. The van der Waals surface area contributed by atoms with Crippen molar-refractivity contribution in [1.82, 2.24) is 14.1 Å². The van der Waals surface area contributed by atoms with Gasteiger partial charge in [0.1, 0.15) is 5.75 Å². The molecule has 1 heterocycles. The molecule has 9 nitrogen and oxygen atoms in total. The SMILES string of the molecule is CC(C)(Cn1c(=O)[nH]/c(=N\c2ccc(OCC3CC3)cc2)n(Cc2ccc(Cl)cc2)c1=O)C(=O)O. The molecule has 0 spiro atoms. The molecule has 0 amide bonds. The fourth-order valence-corrected chi connectivity index (χ4v) is 3.52. The second-order valence-electron chi connectivity index (χ2n) is 9.38. The van der Waals surface area contributed by atoms with Crippen LogP contribution in [0.2, 0.25) is 5.02 Å². The molecule has 184 valence electrons. The summed E-state index contributed by atoms with van der Waals surface area (Å²) in [7, 11) is 0. The number of nitrogens with zero attached hydrogens (tertiary/aromatic N) is 3. The molecule has 3 aromatic rings. The highest BCUT2D eigenvalue weighted by Gasteiger charge is 2.29. The summed E-state index contributed by atoms with van der Waals surface area (Å²) >= 11 is 5.98. The monoisotopic (exact) mass is 498 g/mol. The van der Waals surface area contributed by atoms with Crippen LogP contribution in [0.25, 0.3) is 0 Å². The molecule has 0 bridgehead atoms. The van der Waals surface area contributed by atoms with E-state index >= 15 is 0 Å². The minimum Gasteiger partial charge on any atom is -0.493 e. The Kier molecular flexibility index (Phi) is 6.98. The molecular weight excluding hydrogens is 472 g/mol. The van der Waals surface area contributed by atoms with Crippen LogP contribution in [0.4, 0.5) is 5.69 Å². The first kappa shape index (κ1) is 24.5. The van der Waals surface area contributed by atoms with E-state index in [2.05, 4.69) is 9.98 Å². The van der Waals surface area contributed by atoms with E-state index in [0.29, 0.717) is 23.2 Å². The highest BCUT2D eigenvalue weighted by atomic mass is 35.5. The summed E-state index contributed by atoms with van der Waals surface area (Å²) < 4.78 is 7.94. The molecule has 0 atom stereocenters. The number of carboxylic acid groups (broad SMARTS) is 1. The summed E-state index contributed by atoms with van der Waals surface area (Å²) in [5.74, 6) is 0.240. The molecule has 0 radical (unpaired) electrons. The first-order valence-electron chi connectivity index (χ1n) is 11.3. The topological polar surface area (TPSA) is 119 Å². The Morgan fingerprint density at radius 2 is 1.77 bits per heavy atom. The summed E-state index contributed by atoms with van der Waals surface area (Å²) in [5.41, 5.74) is -1.41. The maximum atomic E-state index is 13.4. The number of nitrogens with one attached hydrogen (secondary N) is 1. The average molecular weight is 499 g/mol. The van der Waals surface area contributed by atoms with E-state index < -0.39 is 22.8 Å². The summed E-state index contributed by atoms with van der Waals surface area (Å²) in [5, 5.41) is 10.0. The van der Waals surface area contributed by atoms with Crippen LogP contribution < -0.4 is 21.7 Å². The molecule has 4 rings (SSSR count). The molecule has 2 aromatic carbocycles. The second-order valence-corrected chi connectivity index (χ2v) is 9.82. The predicted octanol–water partition coefficient (Wildman–Crippen LogP) is 3.17. The van der Waals surface area contributed by atoms with Crippen molar-refractivity contribution in [2.75, 3.05) is 6.61 Å². The minimum atomic E-state index is -1.33. The van der Waals surface area contributed by atoms with Gasteiger partial charge in [-0.1, -0.05) is 23.7 Å². The van der Waals surface area contributed by atoms with Gasteiger partial charge in [-0.3, -0.25) is 14.3 Å². The van der Waals surface area contributed by atoms with Crippen molar-refractivity contribution in [2.45, 2.75) is 39.8 Å². The number of halogens is 1. The Hall–Kier alpha value is -3.59. The second kappa shape index (κ2) is 9.95. The number of aliphatic carboxylic acids is 1. The molecule has 10 heteroatoms. The van der Waals surface area contributed by atoms with Gasteiger partial charge in [0.05, 0.1) is 24.3 Å². The highest BCUT2D eigenvalue weighted by molar-refractivity contribution is 6.30. The van der Waals surface area contributed by atoms with Gasteiger partial charge < -0.3 is 9.84 Å². The molecule has 0 saturated heterocycles. The molecule has 1 aliphatic rings. The van der Waals surface area contributed by atoms with E-state index in [9.17, 15) is 19.5 Å². The number of carbonyl (C=O) groups is 1. The third kappa shape index (κ3) is 6.10. The van der Waals surface area contributed by atoms with Crippen molar-refractivity contribution in [1.29, 1.82) is 0 Å². The number of H-pyrrole nitrogens is 1. The van der Waals surface area contributed by atoms with Crippen LogP contribution >= 0.6 is 11.6 Å². The first-order valence-corrected chi connectivity index (χ1v) is 11.7. The van der Waals surface area contributed by atoms with Crippen molar-refractivity contribution >= 4 is 23.3 Å². The van der Waals surface area contributed by atoms with Gasteiger partial charge in [0.2, 0.25) is 5.62 Å². The maximum Gasteiger partial charge on any atom is 0.335 e. The lowest BCUT2D eigenvalue weighted by Gasteiger charge is -2.20. The quantitative estimate of drug-likeness (QED) is 0.469. The number of hydrogen-bond donors (Lipinski definition) is 2. The van der Waals surface area contributed by atoms with E-state index in [1.165, 1.54) is 31.3 Å². The van der Waals surface area contributed by atoms with Crippen LogP contribution in [0.5, 0.6) is 5.75 Å². The van der Waals surface area contributed by atoms with Gasteiger partial charge in [-0.2, -0.15) is 0 Å². The van der Waals surface area contributed by atoms with Crippen LogP contribution in [0.15, 0.2) is 63.1 Å². The van der Waals surface area contributed by atoms with Gasteiger partial charge >= 0.3 is 17.3 Å². The van der Waals surface area contributed by atoms with Gasteiger partial charge in [-0.25, -0.2) is 19.1 Å². The lowest BCUT2D eigenvalue weighted by molar-refractivity contribution is -0.147. The van der Waals surface area contributed by atoms with Gasteiger partial charge in [0.15, 0.2) is 0 Å². The Labute approximate surface area is 206 Å². The summed E-state index contributed by atoms with van der Waals surface area (Å²) in [4.78, 5) is 44.9. The number of aromatic amines is 1. The number of ether oxygens (including phenoxy) is 1. The zero-order valence-corrected chi connectivity index (χ0v) is 20.3. The lowest BCUT2D eigenvalue weighted by Crippen LogP contribution is -2.52. The van der Waals surface area contributed by atoms with E-state index in [1.54, 1.807) is 48.5 Å². The Balaban J connectivity index is 1.75. The van der Waals surface area contributed by atoms with E-state index in [1.807, 2.05) is 0 Å². The summed E-state index contributed by atoms with van der Waals surface area (Å²) in [6.45, 7) is 3.40. The van der Waals surface area contributed by atoms with Crippen molar-refractivity contribution < 1.29 is 14.6 Å². The summed E-state index contributed by atoms with van der Waals surface area (Å²) in [6, 6.07) is 14.0. The third-order valence-electron chi connectivity index (χ3n) is 5.82. The first-order chi connectivity index (χ1) is 16.6. The number of carboxylic acids is 1. The lowest BCUT2D eigenvalue weighted by atomic mass is 9.94. The van der Waals surface area contributed by atoms with E-state index in [-0.39, 0.29) is 18.7 Å². The molecule has 0 unspecified atom stereocenters. The molecule has 1 fully saturated rings. The largest absolute Gasteiger partial charge is 0.493 e. The molecular formula is C25H27ClN4O5. The van der Waals surface area contributed by atoms with Crippen molar-refractivity contribution in [2.24, 2.45) is 16.3 Å². The molecule has 0 aliphatic heterocycles. The Morgan fingerprint density at radius 1 is 1.11 bits per heavy atom. The zero-order valence-electron chi connectivity index (χ0n) is 19.5. The van der Waals surface area contributed by atoms with Gasteiger partial charge in [-0.15, -0.1) is 0 Å².